The highest BCUT2D eigenvalue weighted by Crippen LogP contribution is 2.66. The quantitative estimate of drug-likeness (QED) is 0.663. The molecule has 0 heterocycles. The summed E-state index contributed by atoms with van der Waals surface area (Å²) in [6, 6.07) is 0. The first-order valence-electron chi connectivity index (χ1n) is 9.63. The molecule has 4 aliphatic rings. The van der Waals surface area contributed by atoms with E-state index in [2.05, 4.69) is 20.8 Å². The summed E-state index contributed by atoms with van der Waals surface area (Å²) >= 11 is 0. The van der Waals surface area contributed by atoms with Gasteiger partial charge in [0.15, 0.2) is 0 Å². The largest absolute Gasteiger partial charge is 0.393 e. The van der Waals surface area contributed by atoms with Crippen LogP contribution in [0.4, 0.5) is 0 Å². The zero-order valence-corrected chi connectivity index (χ0v) is 14.3. The van der Waals surface area contributed by atoms with Crippen LogP contribution in [0.25, 0.3) is 0 Å². The van der Waals surface area contributed by atoms with Gasteiger partial charge >= 0.3 is 0 Å². The first-order chi connectivity index (χ1) is 9.95. The summed E-state index contributed by atoms with van der Waals surface area (Å²) in [4.78, 5) is 0. The highest BCUT2D eigenvalue weighted by molar-refractivity contribution is 5.09. The number of rotatable bonds is 0. The van der Waals surface area contributed by atoms with Gasteiger partial charge in [-0.1, -0.05) is 27.2 Å². The fourth-order valence-electron chi connectivity index (χ4n) is 7.44. The molecule has 0 aromatic rings. The molecule has 1 heteroatoms. The smallest absolute Gasteiger partial charge is 0.0596 e. The second-order valence-electron chi connectivity index (χ2n) is 9.67. The maximum atomic E-state index is 10.5. The van der Waals surface area contributed by atoms with Crippen molar-refractivity contribution in [1.82, 2.24) is 0 Å². The van der Waals surface area contributed by atoms with Crippen molar-refractivity contribution in [3.8, 4) is 0 Å². The van der Waals surface area contributed by atoms with Crippen LogP contribution in [0.3, 0.4) is 0 Å². The van der Waals surface area contributed by atoms with E-state index in [-0.39, 0.29) is 11.5 Å². The first-order valence-corrected chi connectivity index (χ1v) is 9.63. The maximum Gasteiger partial charge on any atom is 0.0596 e. The van der Waals surface area contributed by atoms with Gasteiger partial charge in [0.25, 0.3) is 0 Å². The number of hydrogen-bond acceptors (Lipinski definition) is 1. The van der Waals surface area contributed by atoms with Crippen LogP contribution in [0.2, 0.25) is 0 Å². The van der Waals surface area contributed by atoms with E-state index in [1.165, 1.54) is 51.4 Å². The molecule has 0 bridgehead atoms. The lowest BCUT2D eigenvalue weighted by molar-refractivity contribution is -0.125. The molecule has 0 radical (unpaired) electrons. The molecule has 0 saturated heterocycles. The summed E-state index contributed by atoms with van der Waals surface area (Å²) in [5.41, 5.74) is 0.886. The van der Waals surface area contributed by atoms with Gasteiger partial charge in [-0.3, -0.25) is 0 Å². The fraction of sp³-hybridized carbons (Fsp3) is 1.00. The van der Waals surface area contributed by atoms with Crippen molar-refractivity contribution >= 4 is 0 Å². The molecule has 1 nitrogen and oxygen atoms in total. The SMILES string of the molecule is C[C@@H]1CC[C@@]2(C)[C@H](CC[C@@H]3[C@@H]2CC[C@]2(C)[C@@H](O)CC[C@@H]32)C1. The van der Waals surface area contributed by atoms with Gasteiger partial charge in [0.2, 0.25) is 0 Å². The van der Waals surface area contributed by atoms with Gasteiger partial charge in [-0.2, -0.15) is 0 Å². The van der Waals surface area contributed by atoms with E-state index in [9.17, 15) is 5.11 Å². The third kappa shape index (κ3) is 1.92. The van der Waals surface area contributed by atoms with Crippen LogP contribution in [0.15, 0.2) is 0 Å². The Kier molecular flexibility index (Phi) is 3.27. The summed E-state index contributed by atoms with van der Waals surface area (Å²) in [5.74, 6) is 4.67. The van der Waals surface area contributed by atoms with E-state index in [1.54, 1.807) is 0 Å². The number of aliphatic hydroxyl groups excluding tert-OH is 1. The third-order valence-electron chi connectivity index (χ3n) is 8.88. The lowest BCUT2D eigenvalue weighted by Gasteiger charge is -2.60. The van der Waals surface area contributed by atoms with Gasteiger partial charge in [-0.15, -0.1) is 0 Å². The Hall–Kier alpha value is -0.0400. The molecule has 4 fully saturated rings. The molecule has 4 rings (SSSR count). The molecule has 1 N–H and O–H groups in total. The molecule has 0 unspecified atom stereocenters. The van der Waals surface area contributed by atoms with Crippen LogP contribution >= 0.6 is 0 Å². The second kappa shape index (κ2) is 4.73. The van der Waals surface area contributed by atoms with Crippen LogP contribution in [0.5, 0.6) is 0 Å². The van der Waals surface area contributed by atoms with E-state index in [1.807, 2.05) is 0 Å². The normalized spacial score (nSPS) is 60.0. The number of hydrogen-bond donors (Lipinski definition) is 1. The van der Waals surface area contributed by atoms with Crippen molar-refractivity contribution < 1.29 is 5.11 Å². The Morgan fingerprint density at radius 1 is 0.810 bits per heavy atom. The van der Waals surface area contributed by atoms with Crippen LogP contribution in [0.1, 0.15) is 78.6 Å². The van der Waals surface area contributed by atoms with Crippen molar-refractivity contribution in [1.29, 1.82) is 0 Å². The van der Waals surface area contributed by atoms with Gasteiger partial charge in [0.05, 0.1) is 6.10 Å². The van der Waals surface area contributed by atoms with Crippen LogP contribution < -0.4 is 0 Å². The monoisotopic (exact) mass is 290 g/mol. The lowest BCUT2D eigenvalue weighted by Crippen LogP contribution is -2.53. The average Bonchev–Trinajstić information content (AvgIpc) is 2.76. The molecular weight excluding hydrogens is 256 g/mol. The van der Waals surface area contributed by atoms with Crippen LogP contribution in [0, 0.1) is 40.4 Å². The molecule has 8 atom stereocenters. The molecule has 0 aromatic heterocycles. The van der Waals surface area contributed by atoms with E-state index in [0.29, 0.717) is 5.41 Å². The highest BCUT2D eigenvalue weighted by atomic mass is 16.3. The summed E-state index contributed by atoms with van der Waals surface area (Å²) in [5, 5.41) is 10.5. The van der Waals surface area contributed by atoms with E-state index in [4.69, 9.17) is 0 Å². The fourth-order valence-corrected chi connectivity index (χ4v) is 7.44. The highest BCUT2D eigenvalue weighted by Gasteiger charge is 2.59. The number of aliphatic hydroxyl groups is 1. The Morgan fingerprint density at radius 2 is 1.52 bits per heavy atom. The van der Waals surface area contributed by atoms with Gasteiger partial charge in [-0.25, -0.2) is 0 Å². The minimum atomic E-state index is -0.0136. The Morgan fingerprint density at radius 3 is 2.33 bits per heavy atom. The van der Waals surface area contributed by atoms with E-state index in [0.717, 1.165) is 36.0 Å². The van der Waals surface area contributed by atoms with Gasteiger partial charge < -0.3 is 5.11 Å². The second-order valence-corrected chi connectivity index (χ2v) is 9.67. The lowest BCUT2D eigenvalue weighted by atomic mass is 9.44. The van der Waals surface area contributed by atoms with Gasteiger partial charge in [0, 0.05) is 0 Å². The average molecular weight is 290 g/mol. The predicted molar refractivity (Wildman–Crippen MR) is 86.9 cm³/mol. The standard InChI is InChI=1S/C20H34O/c1-13-8-10-19(2)14(12-13)4-5-15-16-6-7-18(21)20(16,3)11-9-17(15)19/h13-18,21H,4-12H2,1-3H3/t13-,14-,15+,16+,17+,18+,19+,20+/m1/s1. The molecular formula is C20H34O. The Balaban J connectivity index is 1.62. The summed E-state index contributed by atoms with van der Waals surface area (Å²) < 4.78 is 0. The Labute approximate surface area is 130 Å². The topological polar surface area (TPSA) is 20.2 Å². The molecule has 0 amide bonds. The molecule has 120 valence electrons. The molecule has 4 aliphatic carbocycles. The van der Waals surface area contributed by atoms with E-state index < -0.39 is 0 Å². The summed E-state index contributed by atoms with van der Waals surface area (Å²) in [7, 11) is 0. The molecule has 0 aliphatic heterocycles. The zero-order chi connectivity index (χ0) is 14.8. The van der Waals surface area contributed by atoms with Crippen molar-refractivity contribution in [2.75, 3.05) is 0 Å². The maximum absolute atomic E-state index is 10.5. The van der Waals surface area contributed by atoms with Gasteiger partial charge in [-0.05, 0) is 91.8 Å². The first kappa shape index (κ1) is 14.5. The van der Waals surface area contributed by atoms with Gasteiger partial charge in [0.1, 0.15) is 0 Å². The minimum Gasteiger partial charge on any atom is -0.393 e. The van der Waals surface area contributed by atoms with Crippen LogP contribution in [-0.2, 0) is 0 Å². The third-order valence-corrected chi connectivity index (χ3v) is 8.88. The molecule has 4 saturated carbocycles. The molecule has 21 heavy (non-hydrogen) atoms. The predicted octanol–water partition coefficient (Wildman–Crippen LogP) is 5.03. The summed E-state index contributed by atoms with van der Waals surface area (Å²) in [6.07, 6.45) is 12.4. The van der Waals surface area contributed by atoms with E-state index >= 15 is 0 Å². The zero-order valence-electron chi connectivity index (χ0n) is 14.3. The summed E-state index contributed by atoms with van der Waals surface area (Å²) in [6.45, 7) is 7.52. The van der Waals surface area contributed by atoms with Crippen molar-refractivity contribution in [3.05, 3.63) is 0 Å². The van der Waals surface area contributed by atoms with Crippen molar-refractivity contribution in [2.24, 2.45) is 40.4 Å². The van der Waals surface area contributed by atoms with Crippen molar-refractivity contribution in [3.63, 3.8) is 0 Å². The van der Waals surface area contributed by atoms with Crippen LogP contribution in [-0.4, -0.2) is 11.2 Å². The minimum absolute atomic E-state index is 0.0136. The molecule has 0 spiro atoms. The van der Waals surface area contributed by atoms with Crippen molar-refractivity contribution in [2.45, 2.75) is 84.7 Å². The number of fused-ring (bicyclic) bond motifs is 5. The molecule has 0 aromatic carbocycles. The Bertz CT molecular complexity index is 418.